The minimum Gasteiger partial charge on any atom is -0.452 e. The Kier molecular flexibility index (Phi) is 6.06. The Morgan fingerprint density at radius 2 is 2.12 bits per heavy atom. The second kappa shape index (κ2) is 9.16. The van der Waals surface area contributed by atoms with Crippen LogP contribution >= 0.6 is 11.6 Å². The molecule has 34 heavy (non-hydrogen) atoms. The molecule has 4 heterocycles. The fourth-order valence-electron chi connectivity index (χ4n) is 5.37. The zero-order valence-corrected chi connectivity index (χ0v) is 19.2. The van der Waals surface area contributed by atoms with Gasteiger partial charge in [-0.25, -0.2) is 4.79 Å². The molecule has 7 nitrogen and oxygen atoms in total. The van der Waals surface area contributed by atoms with Gasteiger partial charge in [-0.05, 0) is 49.4 Å². The van der Waals surface area contributed by atoms with Crippen molar-refractivity contribution >= 4 is 34.2 Å². The summed E-state index contributed by atoms with van der Waals surface area (Å²) < 4.78 is 6.18. The lowest BCUT2D eigenvalue weighted by molar-refractivity contribution is -0.384. The van der Waals surface area contributed by atoms with Crippen LogP contribution in [0.25, 0.3) is 10.9 Å². The van der Waals surface area contributed by atoms with E-state index in [-0.39, 0.29) is 22.3 Å². The molecular weight excluding hydrogens is 454 g/mol. The Morgan fingerprint density at radius 3 is 2.82 bits per heavy atom. The number of nitro groups is 1. The number of halogens is 1. The molecule has 174 valence electrons. The van der Waals surface area contributed by atoms with Crippen molar-refractivity contribution in [3.8, 4) is 0 Å². The van der Waals surface area contributed by atoms with Gasteiger partial charge in [0.25, 0.3) is 5.69 Å². The fraction of sp³-hybridized carbons (Fsp3) is 0.308. The summed E-state index contributed by atoms with van der Waals surface area (Å²) in [6, 6.07) is 13.5. The first-order valence-electron chi connectivity index (χ1n) is 11.3. The topological polar surface area (TPSA) is 85.6 Å². The molecule has 2 aromatic carbocycles. The average Bonchev–Trinajstić information content (AvgIpc) is 2.87. The van der Waals surface area contributed by atoms with E-state index in [9.17, 15) is 14.9 Å². The lowest BCUT2D eigenvalue weighted by Gasteiger charge is -2.51. The number of piperidine rings is 3. The summed E-state index contributed by atoms with van der Waals surface area (Å²) in [6.07, 6.45) is 5.21. The predicted molar refractivity (Wildman–Crippen MR) is 130 cm³/mol. The summed E-state index contributed by atoms with van der Waals surface area (Å²) >= 11 is 6.24. The first kappa shape index (κ1) is 22.5. The van der Waals surface area contributed by atoms with Crippen LogP contribution in [-0.2, 0) is 4.74 Å². The first-order valence-corrected chi connectivity index (χ1v) is 11.7. The van der Waals surface area contributed by atoms with Crippen LogP contribution in [0, 0.1) is 22.0 Å². The summed E-state index contributed by atoms with van der Waals surface area (Å²) in [6.45, 7) is 5.83. The van der Waals surface area contributed by atoms with Crippen LogP contribution in [0.5, 0.6) is 0 Å². The van der Waals surface area contributed by atoms with Gasteiger partial charge in [0, 0.05) is 35.8 Å². The monoisotopic (exact) mass is 477 g/mol. The molecule has 0 spiro atoms. The molecule has 3 saturated heterocycles. The van der Waals surface area contributed by atoms with Gasteiger partial charge in [-0.3, -0.25) is 20.0 Å². The van der Waals surface area contributed by atoms with Gasteiger partial charge in [-0.15, -0.1) is 6.58 Å². The zero-order chi connectivity index (χ0) is 23.8. The van der Waals surface area contributed by atoms with Crippen molar-refractivity contribution in [3.63, 3.8) is 0 Å². The standard InChI is InChI=1S/C26H24ClN3O4/c1-2-16-15-29-12-10-17(16)13-24(29)25(20-9-11-28-23-6-4-3-5-19(20)23)34-26(31)21-8-7-18(30(32)33)14-22(21)27/h2-9,11,14,16-17,24-25H,1,10,12-13,15H2/t16?,17-,24?,25?/m1/s1. The summed E-state index contributed by atoms with van der Waals surface area (Å²) in [4.78, 5) is 30.7. The molecule has 0 N–H and O–H groups in total. The smallest absolute Gasteiger partial charge is 0.340 e. The van der Waals surface area contributed by atoms with Crippen LogP contribution in [0.15, 0.2) is 67.4 Å². The Bertz CT molecular complexity index is 1270. The van der Waals surface area contributed by atoms with E-state index >= 15 is 0 Å². The van der Waals surface area contributed by atoms with Gasteiger partial charge in [0.1, 0.15) is 6.10 Å². The summed E-state index contributed by atoms with van der Waals surface area (Å²) in [7, 11) is 0. The molecule has 3 fully saturated rings. The van der Waals surface area contributed by atoms with Crippen LogP contribution in [-0.4, -0.2) is 39.9 Å². The number of para-hydroxylation sites is 1. The van der Waals surface area contributed by atoms with E-state index in [2.05, 4.69) is 16.5 Å². The van der Waals surface area contributed by atoms with Gasteiger partial charge in [0.05, 0.1) is 27.1 Å². The van der Waals surface area contributed by atoms with Crippen molar-refractivity contribution < 1.29 is 14.5 Å². The van der Waals surface area contributed by atoms with Crippen molar-refractivity contribution in [1.29, 1.82) is 0 Å². The number of nitrogens with zero attached hydrogens (tertiary/aromatic N) is 3. The number of rotatable bonds is 6. The molecule has 3 aliphatic rings. The number of esters is 1. The first-order chi connectivity index (χ1) is 16.5. The number of nitro benzene ring substituents is 1. The third kappa shape index (κ3) is 4.06. The number of pyridine rings is 1. The maximum atomic E-state index is 13.3. The van der Waals surface area contributed by atoms with Gasteiger partial charge in [-0.1, -0.05) is 35.9 Å². The van der Waals surface area contributed by atoms with Gasteiger partial charge >= 0.3 is 5.97 Å². The quantitative estimate of drug-likeness (QED) is 0.199. The molecule has 2 bridgehead atoms. The normalized spacial score (nSPS) is 24.5. The van der Waals surface area contributed by atoms with E-state index < -0.39 is 17.0 Å². The predicted octanol–water partition coefficient (Wildman–Crippen LogP) is 5.59. The third-order valence-corrected chi connectivity index (χ3v) is 7.42. The number of carbonyl (C=O) groups excluding carboxylic acids is 1. The Hall–Kier alpha value is -3.29. The number of non-ortho nitro benzene ring substituents is 1. The van der Waals surface area contributed by atoms with E-state index in [0.29, 0.717) is 11.8 Å². The van der Waals surface area contributed by atoms with E-state index in [4.69, 9.17) is 16.3 Å². The number of hydrogen-bond acceptors (Lipinski definition) is 6. The number of fused-ring (bicyclic) bond motifs is 4. The second-order valence-corrected chi connectivity index (χ2v) is 9.32. The van der Waals surface area contributed by atoms with Crippen molar-refractivity contribution in [2.24, 2.45) is 11.8 Å². The zero-order valence-electron chi connectivity index (χ0n) is 18.5. The lowest BCUT2D eigenvalue weighted by atomic mass is 9.73. The van der Waals surface area contributed by atoms with Crippen LogP contribution in [0.3, 0.4) is 0 Å². The molecule has 0 radical (unpaired) electrons. The van der Waals surface area contributed by atoms with E-state index in [0.717, 1.165) is 42.4 Å². The van der Waals surface area contributed by atoms with Crippen molar-refractivity contribution in [3.05, 3.63) is 93.6 Å². The van der Waals surface area contributed by atoms with Crippen molar-refractivity contribution in [1.82, 2.24) is 9.88 Å². The maximum Gasteiger partial charge on any atom is 0.340 e. The van der Waals surface area contributed by atoms with Crippen molar-refractivity contribution in [2.45, 2.75) is 25.0 Å². The fourth-order valence-corrected chi connectivity index (χ4v) is 5.62. The minimum absolute atomic E-state index is 0.00142. The highest BCUT2D eigenvalue weighted by molar-refractivity contribution is 6.33. The number of hydrogen-bond donors (Lipinski definition) is 0. The Labute approximate surface area is 202 Å². The summed E-state index contributed by atoms with van der Waals surface area (Å²) in [5.41, 5.74) is 1.65. The molecule has 3 aliphatic heterocycles. The Balaban J connectivity index is 1.53. The third-order valence-electron chi connectivity index (χ3n) is 7.11. The van der Waals surface area contributed by atoms with Crippen LogP contribution < -0.4 is 0 Å². The number of carbonyl (C=O) groups is 1. The molecular formula is C26H24ClN3O4. The molecule has 0 saturated carbocycles. The minimum atomic E-state index is -0.603. The van der Waals surface area contributed by atoms with Gasteiger partial charge in [0.2, 0.25) is 0 Å². The van der Waals surface area contributed by atoms with E-state index in [1.54, 1.807) is 6.20 Å². The van der Waals surface area contributed by atoms with Crippen LogP contribution in [0.4, 0.5) is 5.69 Å². The Morgan fingerprint density at radius 1 is 1.29 bits per heavy atom. The van der Waals surface area contributed by atoms with Crippen LogP contribution in [0.1, 0.15) is 34.9 Å². The average molecular weight is 478 g/mol. The number of benzene rings is 2. The molecule has 1 aromatic heterocycles. The molecule has 0 aliphatic carbocycles. The SMILES string of the molecule is C=CC1CN2CC[C@@H]1CC2C(OC(=O)c1ccc([N+](=O)[O-])cc1Cl)c1ccnc2ccccc12. The highest BCUT2D eigenvalue weighted by Gasteiger charge is 2.44. The summed E-state index contributed by atoms with van der Waals surface area (Å²) in [5.74, 6) is 0.318. The van der Waals surface area contributed by atoms with Gasteiger partial charge in [0.15, 0.2) is 0 Å². The number of aromatic nitrogens is 1. The number of ether oxygens (including phenoxy) is 1. The molecule has 5 atom stereocenters. The molecule has 3 aromatic rings. The molecule has 6 rings (SSSR count). The second-order valence-electron chi connectivity index (χ2n) is 8.91. The van der Waals surface area contributed by atoms with Gasteiger partial charge < -0.3 is 4.74 Å². The van der Waals surface area contributed by atoms with Gasteiger partial charge in [-0.2, -0.15) is 0 Å². The summed E-state index contributed by atoms with van der Waals surface area (Å²) in [5, 5.41) is 12.0. The highest BCUT2D eigenvalue weighted by Crippen LogP contribution is 2.43. The maximum absolute atomic E-state index is 13.3. The lowest BCUT2D eigenvalue weighted by Crippen LogP contribution is -2.55. The van der Waals surface area contributed by atoms with Crippen LogP contribution in [0.2, 0.25) is 5.02 Å². The highest BCUT2D eigenvalue weighted by atomic mass is 35.5. The molecule has 4 unspecified atom stereocenters. The molecule has 8 heteroatoms. The van der Waals surface area contributed by atoms with E-state index in [1.165, 1.54) is 18.2 Å². The molecule has 0 amide bonds. The van der Waals surface area contributed by atoms with E-state index in [1.807, 2.05) is 36.4 Å². The largest absolute Gasteiger partial charge is 0.452 e. The van der Waals surface area contributed by atoms with Crippen molar-refractivity contribution in [2.75, 3.05) is 13.1 Å².